The molecule has 0 bridgehead atoms. The molecule has 2 N–H and O–H groups in total. The Hall–Kier alpha value is -1.33. The van der Waals surface area contributed by atoms with E-state index in [0.717, 1.165) is 24.4 Å². The first-order valence-electron chi connectivity index (χ1n) is 6.49. The quantitative estimate of drug-likeness (QED) is 0.839. The number of nitrogens with zero attached hydrogens (tertiary/aromatic N) is 2. The Morgan fingerprint density at radius 3 is 2.84 bits per heavy atom. The molecule has 3 heterocycles. The fourth-order valence-electron chi connectivity index (χ4n) is 2.53. The average Bonchev–Trinajstić information content (AvgIpc) is 2.81. The van der Waals surface area contributed by atoms with Crippen LogP contribution in [0.2, 0.25) is 0 Å². The number of aromatic amines is 1. The standard InChI is InChI=1S/C13H18N4O.ClH/c1-8-9(2)15-12-7-11(16-17(12)13(8)18)10-5-3-4-6-14-10;/h7,10,14,16H,3-6H2,1-2H3;1H/t10-;/m0./s1. The number of piperidine rings is 1. The lowest BCUT2D eigenvalue weighted by molar-refractivity contribution is 0.404. The third kappa shape index (κ3) is 2.40. The second-order valence-electron chi connectivity index (χ2n) is 5.03. The van der Waals surface area contributed by atoms with Gasteiger partial charge in [-0.1, -0.05) is 6.42 Å². The first-order chi connectivity index (χ1) is 8.66. The minimum Gasteiger partial charge on any atom is -0.309 e. The lowest BCUT2D eigenvalue weighted by Crippen LogP contribution is -2.27. The fourth-order valence-corrected chi connectivity index (χ4v) is 2.53. The van der Waals surface area contributed by atoms with E-state index in [0.29, 0.717) is 17.3 Å². The van der Waals surface area contributed by atoms with Gasteiger partial charge in [0.05, 0.1) is 5.69 Å². The van der Waals surface area contributed by atoms with Crippen LogP contribution in [0.4, 0.5) is 0 Å². The van der Waals surface area contributed by atoms with Crippen molar-refractivity contribution in [3.63, 3.8) is 0 Å². The zero-order valence-electron chi connectivity index (χ0n) is 11.2. The molecule has 1 fully saturated rings. The minimum absolute atomic E-state index is 0. The highest BCUT2D eigenvalue weighted by molar-refractivity contribution is 5.85. The number of nitrogens with one attached hydrogen (secondary N) is 2. The molecule has 0 radical (unpaired) electrons. The molecule has 3 rings (SSSR count). The maximum Gasteiger partial charge on any atom is 0.275 e. The van der Waals surface area contributed by atoms with Crippen molar-refractivity contribution in [1.82, 2.24) is 19.9 Å². The summed E-state index contributed by atoms with van der Waals surface area (Å²) in [5, 5.41) is 6.65. The van der Waals surface area contributed by atoms with E-state index in [1.165, 1.54) is 12.8 Å². The number of hydrogen-bond acceptors (Lipinski definition) is 3. The molecule has 0 aromatic carbocycles. The van der Waals surface area contributed by atoms with Gasteiger partial charge in [-0.3, -0.25) is 9.89 Å². The Labute approximate surface area is 117 Å². The zero-order valence-corrected chi connectivity index (χ0v) is 12.0. The van der Waals surface area contributed by atoms with Crippen molar-refractivity contribution in [2.24, 2.45) is 0 Å². The van der Waals surface area contributed by atoms with Gasteiger partial charge in [-0.25, -0.2) is 9.50 Å². The van der Waals surface area contributed by atoms with Gasteiger partial charge in [0.25, 0.3) is 5.56 Å². The van der Waals surface area contributed by atoms with Crippen molar-refractivity contribution in [1.29, 1.82) is 0 Å². The summed E-state index contributed by atoms with van der Waals surface area (Å²) in [7, 11) is 0. The number of rotatable bonds is 1. The van der Waals surface area contributed by atoms with Crippen LogP contribution in [0.3, 0.4) is 0 Å². The predicted molar refractivity (Wildman–Crippen MR) is 77.1 cm³/mol. The highest BCUT2D eigenvalue weighted by Crippen LogP contribution is 2.22. The monoisotopic (exact) mass is 282 g/mol. The average molecular weight is 283 g/mol. The van der Waals surface area contributed by atoms with Crippen LogP contribution < -0.4 is 10.9 Å². The van der Waals surface area contributed by atoms with Crippen LogP contribution in [-0.4, -0.2) is 21.1 Å². The van der Waals surface area contributed by atoms with E-state index in [-0.39, 0.29) is 18.0 Å². The summed E-state index contributed by atoms with van der Waals surface area (Å²) >= 11 is 0. The Balaban J connectivity index is 0.00000133. The molecule has 5 nitrogen and oxygen atoms in total. The molecule has 0 aliphatic carbocycles. The molecular weight excluding hydrogens is 264 g/mol. The summed E-state index contributed by atoms with van der Waals surface area (Å²) < 4.78 is 1.55. The van der Waals surface area contributed by atoms with Crippen LogP contribution in [0.25, 0.3) is 5.65 Å². The molecule has 104 valence electrons. The van der Waals surface area contributed by atoms with Gasteiger partial charge in [0.2, 0.25) is 0 Å². The second-order valence-corrected chi connectivity index (χ2v) is 5.03. The maximum atomic E-state index is 12.1. The lowest BCUT2D eigenvalue weighted by atomic mass is 10.0. The summed E-state index contributed by atoms with van der Waals surface area (Å²) in [5.74, 6) is 0. The fraction of sp³-hybridized carbons (Fsp3) is 0.538. The third-order valence-corrected chi connectivity index (χ3v) is 3.79. The topological polar surface area (TPSA) is 62.2 Å². The van der Waals surface area contributed by atoms with Crippen LogP contribution in [0.1, 0.15) is 42.3 Å². The highest BCUT2D eigenvalue weighted by Gasteiger charge is 2.18. The number of aromatic nitrogens is 3. The van der Waals surface area contributed by atoms with Crippen LogP contribution in [0, 0.1) is 13.8 Å². The first kappa shape index (κ1) is 14.1. The molecule has 2 aromatic rings. The summed E-state index contributed by atoms with van der Waals surface area (Å²) in [6.07, 6.45) is 3.57. The molecule has 0 unspecified atom stereocenters. The Morgan fingerprint density at radius 1 is 1.37 bits per heavy atom. The molecule has 0 saturated carbocycles. The van der Waals surface area contributed by atoms with Gasteiger partial charge in [0, 0.05) is 23.4 Å². The largest absolute Gasteiger partial charge is 0.309 e. The van der Waals surface area contributed by atoms with Gasteiger partial charge in [0.1, 0.15) is 0 Å². The first-order valence-corrected chi connectivity index (χ1v) is 6.49. The summed E-state index contributed by atoms with van der Waals surface area (Å²) in [6, 6.07) is 2.30. The van der Waals surface area contributed by atoms with Gasteiger partial charge in [-0.05, 0) is 33.2 Å². The molecule has 6 heteroatoms. The van der Waals surface area contributed by atoms with Crippen molar-refractivity contribution in [2.45, 2.75) is 39.2 Å². The maximum absolute atomic E-state index is 12.1. The van der Waals surface area contributed by atoms with E-state index in [9.17, 15) is 4.79 Å². The van der Waals surface area contributed by atoms with E-state index < -0.39 is 0 Å². The molecule has 1 saturated heterocycles. The molecule has 19 heavy (non-hydrogen) atoms. The Kier molecular flexibility index (Phi) is 3.96. The van der Waals surface area contributed by atoms with Crippen LogP contribution >= 0.6 is 12.4 Å². The smallest absolute Gasteiger partial charge is 0.275 e. The highest BCUT2D eigenvalue weighted by atomic mass is 35.5. The minimum atomic E-state index is -0.000408. The van der Waals surface area contributed by atoms with E-state index in [4.69, 9.17) is 0 Å². The molecule has 0 amide bonds. The third-order valence-electron chi connectivity index (χ3n) is 3.79. The van der Waals surface area contributed by atoms with Gasteiger partial charge in [-0.2, -0.15) is 0 Å². The molecule has 1 aliphatic rings. The van der Waals surface area contributed by atoms with Crippen LogP contribution in [0.5, 0.6) is 0 Å². The Morgan fingerprint density at radius 2 is 2.16 bits per heavy atom. The predicted octanol–water partition coefficient (Wildman–Crippen LogP) is 1.88. The van der Waals surface area contributed by atoms with Gasteiger partial charge >= 0.3 is 0 Å². The lowest BCUT2D eigenvalue weighted by Gasteiger charge is -2.21. The van der Waals surface area contributed by atoms with Gasteiger partial charge < -0.3 is 5.32 Å². The second kappa shape index (κ2) is 5.35. The number of H-pyrrole nitrogens is 1. The van der Waals surface area contributed by atoms with E-state index in [1.54, 1.807) is 4.52 Å². The van der Waals surface area contributed by atoms with Crippen LogP contribution in [0.15, 0.2) is 10.9 Å². The van der Waals surface area contributed by atoms with Crippen molar-refractivity contribution < 1.29 is 0 Å². The molecule has 2 aromatic heterocycles. The van der Waals surface area contributed by atoms with Crippen molar-refractivity contribution in [2.75, 3.05) is 6.54 Å². The molecule has 1 aliphatic heterocycles. The van der Waals surface area contributed by atoms with Crippen molar-refractivity contribution in [3.8, 4) is 0 Å². The van der Waals surface area contributed by atoms with Crippen molar-refractivity contribution >= 4 is 18.1 Å². The van der Waals surface area contributed by atoms with Gasteiger partial charge in [-0.15, -0.1) is 12.4 Å². The van der Waals surface area contributed by atoms with E-state index in [1.807, 2.05) is 19.9 Å². The number of halogens is 1. The number of hydrogen-bond donors (Lipinski definition) is 2. The van der Waals surface area contributed by atoms with Crippen LogP contribution in [-0.2, 0) is 0 Å². The number of aryl methyl sites for hydroxylation is 1. The molecule has 0 spiro atoms. The van der Waals surface area contributed by atoms with E-state index in [2.05, 4.69) is 15.4 Å². The van der Waals surface area contributed by atoms with Crippen molar-refractivity contribution in [3.05, 3.63) is 33.4 Å². The molecule has 1 atom stereocenters. The molecular formula is C13H19ClN4O. The normalized spacial score (nSPS) is 19.4. The summed E-state index contributed by atoms with van der Waals surface area (Å²) in [4.78, 5) is 16.6. The van der Waals surface area contributed by atoms with Gasteiger partial charge in [0.15, 0.2) is 5.65 Å². The summed E-state index contributed by atoms with van der Waals surface area (Å²) in [5.41, 5.74) is 3.29. The number of fused-ring (bicyclic) bond motifs is 1. The zero-order chi connectivity index (χ0) is 12.7. The Bertz CT molecular complexity index is 640. The summed E-state index contributed by atoms with van der Waals surface area (Å²) in [6.45, 7) is 4.74. The SMILES string of the molecule is Cc1nc2cc([C@@H]3CCCCN3)[nH]n2c(=O)c1C.Cl. The van der Waals surface area contributed by atoms with E-state index >= 15 is 0 Å².